The number of nitrogens with one attached hydrogen (secondary N) is 1. The van der Waals surface area contributed by atoms with Crippen LogP contribution in [0.1, 0.15) is 38.6 Å². The lowest BCUT2D eigenvalue weighted by atomic mass is 10.1. The molecule has 1 N–H and O–H groups in total. The lowest BCUT2D eigenvalue weighted by Crippen LogP contribution is -2.08. The largest absolute Gasteiger partial charge is 0.478 e. The van der Waals surface area contributed by atoms with Gasteiger partial charge in [0.2, 0.25) is 5.88 Å². The van der Waals surface area contributed by atoms with Crippen molar-refractivity contribution in [1.29, 1.82) is 0 Å². The number of hydrogen-bond acceptors (Lipinski definition) is 5. The first-order chi connectivity index (χ1) is 10.7. The van der Waals surface area contributed by atoms with Crippen LogP contribution in [0.15, 0.2) is 30.6 Å². The first-order valence-corrected chi connectivity index (χ1v) is 7.81. The summed E-state index contributed by atoms with van der Waals surface area (Å²) in [6.45, 7) is 7.77. The van der Waals surface area contributed by atoms with Crippen molar-refractivity contribution in [2.75, 3.05) is 11.9 Å². The van der Waals surface area contributed by atoms with Crippen molar-refractivity contribution in [3.8, 4) is 5.88 Å². The molecule has 0 bridgehead atoms. The molecular formula is C17H24N4O. The Hall–Kier alpha value is -2.17. The van der Waals surface area contributed by atoms with E-state index in [1.165, 1.54) is 0 Å². The molecule has 0 spiro atoms. The standard InChI is InChI=1S/C17H24N4O/c1-4-9-22-17-11-15(20-16(21-17)10-13(2)3)19-12-14-5-7-18-8-6-14/h5-8,11,13H,4,9-10,12H2,1-3H3,(H,19,20,21). The van der Waals surface area contributed by atoms with Crippen LogP contribution in [0.5, 0.6) is 5.88 Å². The van der Waals surface area contributed by atoms with Gasteiger partial charge in [-0.1, -0.05) is 20.8 Å². The molecular weight excluding hydrogens is 276 g/mol. The normalized spacial score (nSPS) is 10.7. The number of nitrogens with zero attached hydrogens (tertiary/aromatic N) is 3. The van der Waals surface area contributed by atoms with Crippen molar-refractivity contribution in [2.24, 2.45) is 5.92 Å². The van der Waals surface area contributed by atoms with E-state index in [1.54, 1.807) is 12.4 Å². The fourth-order valence-corrected chi connectivity index (χ4v) is 1.99. The Morgan fingerprint density at radius 2 is 1.95 bits per heavy atom. The smallest absolute Gasteiger partial charge is 0.218 e. The van der Waals surface area contributed by atoms with Crippen LogP contribution in [0.25, 0.3) is 0 Å². The van der Waals surface area contributed by atoms with Crippen LogP contribution in [0.3, 0.4) is 0 Å². The topological polar surface area (TPSA) is 59.9 Å². The van der Waals surface area contributed by atoms with E-state index in [-0.39, 0.29) is 0 Å². The van der Waals surface area contributed by atoms with E-state index in [4.69, 9.17) is 4.74 Å². The molecule has 118 valence electrons. The summed E-state index contributed by atoms with van der Waals surface area (Å²) in [5.41, 5.74) is 1.16. The highest BCUT2D eigenvalue weighted by molar-refractivity contribution is 5.39. The van der Waals surface area contributed by atoms with Crippen molar-refractivity contribution in [3.63, 3.8) is 0 Å². The average molecular weight is 300 g/mol. The molecule has 2 heterocycles. The Bertz CT molecular complexity index is 572. The van der Waals surface area contributed by atoms with E-state index in [0.29, 0.717) is 24.9 Å². The highest BCUT2D eigenvalue weighted by Gasteiger charge is 2.07. The minimum Gasteiger partial charge on any atom is -0.478 e. The van der Waals surface area contributed by atoms with Crippen molar-refractivity contribution < 1.29 is 4.74 Å². The van der Waals surface area contributed by atoms with E-state index < -0.39 is 0 Å². The van der Waals surface area contributed by atoms with Gasteiger partial charge in [-0.05, 0) is 30.0 Å². The van der Waals surface area contributed by atoms with Gasteiger partial charge in [-0.3, -0.25) is 4.98 Å². The predicted molar refractivity (Wildman–Crippen MR) is 87.9 cm³/mol. The molecule has 0 aromatic carbocycles. The molecule has 0 fully saturated rings. The van der Waals surface area contributed by atoms with Crippen LogP contribution < -0.4 is 10.1 Å². The molecule has 22 heavy (non-hydrogen) atoms. The molecule has 0 aliphatic heterocycles. The zero-order valence-corrected chi connectivity index (χ0v) is 13.5. The Balaban J connectivity index is 2.10. The summed E-state index contributed by atoms with van der Waals surface area (Å²) in [7, 11) is 0. The van der Waals surface area contributed by atoms with Gasteiger partial charge < -0.3 is 10.1 Å². The second-order valence-electron chi connectivity index (χ2n) is 5.66. The van der Waals surface area contributed by atoms with Crippen LogP contribution in [-0.2, 0) is 13.0 Å². The number of hydrogen-bond donors (Lipinski definition) is 1. The molecule has 0 saturated heterocycles. The van der Waals surface area contributed by atoms with Crippen molar-refractivity contribution >= 4 is 5.82 Å². The molecule has 0 unspecified atom stereocenters. The molecule has 0 saturated carbocycles. The summed E-state index contributed by atoms with van der Waals surface area (Å²) < 4.78 is 5.67. The van der Waals surface area contributed by atoms with E-state index in [9.17, 15) is 0 Å². The number of ether oxygens (including phenoxy) is 1. The minimum atomic E-state index is 0.509. The molecule has 0 aliphatic carbocycles. The van der Waals surface area contributed by atoms with Gasteiger partial charge in [-0.25, -0.2) is 4.98 Å². The Kier molecular flexibility index (Phi) is 6.13. The van der Waals surface area contributed by atoms with Gasteiger partial charge in [0, 0.05) is 31.4 Å². The van der Waals surface area contributed by atoms with Gasteiger partial charge in [-0.15, -0.1) is 0 Å². The summed E-state index contributed by atoms with van der Waals surface area (Å²) in [4.78, 5) is 13.1. The lowest BCUT2D eigenvalue weighted by Gasteiger charge is -2.11. The molecule has 5 heteroatoms. The van der Waals surface area contributed by atoms with Gasteiger partial charge in [-0.2, -0.15) is 4.98 Å². The van der Waals surface area contributed by atoms with E-state index in [0.717, 1.165) is 30.0 Å². The number of anilines is 1. The molecule has 2 aromatic heterocycles. The molecule has 0 amide bonds. The summed E-state index contributed by atoms with van der Waals surface area (Å²) in [6.07, 6.45) is 5.38. The minimum absolute atomic E-state index is 0.509. The summed E-state index contributed by atoms with van der Waals surface area (Å²) in [5.74, 6) is 2.77. The van der Waals surface area contributed by atoms with Crippen molar-refractivity contribution in [2.45, 2.75) is 40.2 Å². The number of rotatable bonds is 8. The SMILES string of the molecule is CCCOc1cc(NCc2ccncc2)nc(CC(C)C)n1. The summed E-state index contributed by atoms with van der Waals surface area (Å²) >= 11 is 0. The number of pyridine rings is 1. The zero-order chi connectivity index (χ0) is 15.8. The van der Waals surface area contributed by atoms with Crippen molar-refractivity contribution in [3.05, 3.63) is 42.0 Å². The van der Waals surface area contributed by atoms with E-state index >= 15 is 0 Å². The molecule has 0 atom stereocenters. The highest BCUT2D eigenvalue weighted by Crippen LogP contribution is 2.16. The third-order valence-corrected chi connectivity index (χ3v) is 3.02. The van der Waals surface area contributed by atoms with E-state index in [1.807, 2.05) is 18.2 Å². The maximum atomic E-state index is 5.67. The van der Waals surface area contributed by atoms with Crippen molar-refractivity contribution in [1.82, 2.24) is 15.0 Å². The van der Waals surface area contributed by atoms with Crippen LogP contribution in [0, 0.1) is 5.92 Å². The quantitative estimate of drug-likeness (QED) is 0.809. The van der Waals surface area contributed by atoms with Crippen LogP contribution >= 0.6 is 0 Å². The maximum Gasteiger partial charge on any atom is 0.218 e. The van der Waals surface area contributed by atoms with Gasteiger partial charge >= 0.3 is 0 Å². The second kappa shape index (κ2) is 8.32. The predicted octanol–water partition coefficient (Wildman–Crippen LogP) is 3.47. The number of aromatic nitrogens is 3. The first kappa shape index (κ1) is 16.2. The molecule has 0 radical (unpaired) electrons. The average Bonchev–Trinajstić information content (AvgIpc) is 2.51. The fourth-order valence-electron chi connectivity index (χ4n) is 1.99. The van der Waals surface area contributed by atoms with Gasteiger partial charge in [0.1, 0.15) is 11.6 Å². The molecule has 5 nitrogen and oxygen atoms in total. The maximum absolute atomic E-state index is 5.67. The van der Waals surface area contributed by atoms with Crippen LogP contribution in [0.4, 0.5) is 5.82 Å². The highest BCUT2D eigenvalue weighted by atomic mass is 16.5. The molecule has 2 rings (SSSR count). The second-order valence-corrected chi connectivity index (χ2v) is 5.66. The zero-order valence-electron chi connectivity index (χ0n) is 13.5. The Labute approximate surface area is 132 Å². The monoisotopic (exact) mass is 300 g/mol. The van der Waals surface area contributed by atoms with Gasteiger partial charge in [0.15, 0.2) is 0 Å². The molecule has 0 aliphatic rings. The Morgan fingerprint density at radius 1 is 1.18 bits per heavy atom. The fraction of sp³-hybridized carbons (Fsp3) is 0.471. The molecule has 2 aromatic rings. The van der Waals surface area contributed by atoms with E-state index in [2.05, 4.69) is 41.0 Å². The lowest BCUT2D eigenvalue weighted by molar-refractivity contribution is 0.303. The first-order valence-electron chi connectivity index (χ1n) is 7.81. The van der Waals surface area contributed by atoms with Gasteiger partial charge in [0.05, 0.1) is 6.61 Å². The summed E-state index contributed by atoms with van der Waals surface area (Å²) in [6, 6.07) is 5.83. The van der Waals surface area contributed by atoms with Crippen LogP contribution in [0.2, 0.25) is 0 Å². The summed E-state index contributed by atoms with van der Waals surface area (Å²) in [5, 5.41) is 3.33. The van der Waals surface area contributed by atoms with Gasteiger partial charge in [0.25, 0.3) is 0 Å². The third-order valence-electron chi connectivity index (χ3n) is 3.02. The van der Waals surface area contributed by atoms with Crippen LogP contribution in [-0.4, -0.2) is 21.6 Å². The Morgan fingerprint density at radius 3 is 2.64 bits per heavy atom. The third kappa shape index (κ3) is 5.31.